The number of halogens is 1. The molecule has 3 aromatic rings. The first kappa shape index (κ1) is 14.9. The summed E-state index contributed by atoms with van der Waals surface area (Å²) in [6.07, 6.45) is 0.532. The van der Waals surface area contributed by atoms with Gasteiger partial charge in [0.25, 0.3) is 0 Å². The van der Waals surface area contributed by atoms with Crippen molar-refractivity contribution >= 4 is 32.9 Å². The number of fused-ring (bicyclic) bond motifs is 1. The minimum Gasteiger partial charge on any atom is -0.462 e. The van der Waals surface area contributed by atoms with Crippen molar-refractivity contribution in [2.24, 2.45) is 0 Å². The Kier molecular flexibility index (Phi) is 4.29. The van der Waals surface area contributed by atoms with Gasteiger partial charge in [0.2, 0.25) is 0 Å². The lowest BCUT2D eigenvalue weighted by atomic mass is 10.1. The first-order chi connectivity index (χ1) is 10.7. The predicted molar refractivity (Wildman–Crippen MR) is 89.1 cm³/mol. The van der Waals surface area contributed by atoms with Crippen molar-refractivity contribution in [3.63, 3.8) is 0 Å². The summed E-state index contributed by atoms with van der Waals surface area (Å²) in [6, 6.07) is 15.4. The highest BCUT2D eigenvalue weighted by atomic mass is 79.9. The third-order valence-electron chi connectivity index (χ3n) is 3.46. The lowest BCUT2D eigenvalue weighted by molar-refractivity contribution is 0.0526. The van der Waals surface area contributed by atoms with Crippen molar-refractivity contribution in [2.75, 3.05) is 6.61 Å². The number of hydrogen-bond acceptors (Lipinski definition) is 3. The van der Waals surface area contributed by atoms with Gasteiger partial charge in [-0.15, -0.1) is 0 Å². The molecule has 3 nitrogen and oxygen atoms in total. The van der Waals surface area contributed by atoms with E-state index in [0.717, 1.165) is 15.4 Å². The Morgan fingerprint density at radius 2 is 1.86 bits per heavy atom. The van der Waals surface area contributed by atoms with Gasteiger partial charge in [0.05, 0.1) is 6.61 Å². The maximum absolute atomic E-state index is 12.3. The second-order valence-electron chi connectivity index (χ2n) is 4.89. The molecule has 22 heavy (non-hydrogen) atoms. The van der Waals surface area contributed by atoms with Crippen LogP contribution in [0.5, 0.6) is 0 Å². The largest absolute Gasteiger partial charge is 0.462 e. The van der Waals surface area contributed by atoms with Crippen LogP contribution >= 0.6 is 15.9 Å². The fraction of sp³-hybridized carbons (Fsp3) is 0.167. The Morgan fingerprint density at radius 3 is 2.64 bits per heavy atom. The maximum Gasteiger partial charge on any atom is 0.342 e. The number of carbonyl (C=O) groups excluding carboxylic acids is 1. The monoisotopic (exact) mass is 358 g/mol. The van der Waals surface area contributed by atoms with Crippen molar-refractivity contribution in [1.82, 2.24) is 0 Å². The van der Waals surface area contributed by atoms with Gasteiger partial charge in [-0.05, 0) is 24.6 Å². The van der Waals surface area contributed by atoms with Gasteiger partial charge in [-0.25, -0.2) is 4.79 Å². The maximum atomic E-state index is 12.3. The summed E-state index contributed by atoms with van der Waals surface area (Å²) in [4.78, 5) is 12.3. The van der Waals surface area contributed by atoms with Crippen LogP contribution in [0.4, 0.5) is 0 Å². The molecule has 4 heteroatoms. The van der Waals surface area contributed by atoms with Gasteiger partial charge in [-0.2, -0.15) is 0 Å². The third kappa shape index (κ3) is 2.79. The molecule has 0 spiro atoms. The SMILES string of the molecule is CCOC(=O)c1c(Cc2ccccc2Br)oc2ccccc12. The number of carbonyl (C=O) groups is 1. The molecule has 112 valence electrons. The Labute approximate surface area is 137 Å². The summed E-state index contributed by atoms with van der Waals surface area (Å²) >= 11 is 3.53. The molecule has 0 amide bonds. The van der Waals surface area contributed by atoms with E-state index in [1.54, 1.807) is 6.92 Å². The molecule has 0 saturated heterocycles. The minimum atomic E-state index is -0.338. The smallest absolute Gasteiger partial charge is 0.342 e. The molecule has 0 bridgehead atoms. The highest BCUT2D eigenvalue weighted by Crippen LogP contribution is 2.30. The number of benzene rings is 2. The molecule has 0 aliphatic carbocycles. The minimum absolute atomic E-state index is 0.338. The van der Waals surface area contributed by atoms with Crippen molar-refractivity contribution in [3.8, 4) is 0 Å². The molecule has 0 aliphatic rings. The van der Waals surface area contributed by atoms with E-state index >= 15 is 0 Å². The van der Waals surface area contributed by atoms with E-state index in [0.29, 0.717) is 29.9 Å². The Morgan fingerprint density at radius 1 is 1.14 bits per heavy atom. The van der Waals surface area contributed by atoms with Gasteiger partial charge in [0.15, 0.2) is 0 Å². The number of furan rings is 1. The highest BCUT2D eigenvalue weighted by Gasteiger charge is 2.22. The van der Waals surface area contributed by atoms with Crippen molar-refractivity contribution in [3.05, 3.63) is 69.9 Å². The van der Waals surface area contributed by atoms with Gasteiger partial charge in [0.1, 0.15) is 16.9 Å². The molecule has 0 aliphatic heterocycles. The fourth-order valence-corrected chi connectivity index (χ4v) is 2.89. The van der Waals surface area contributed by atoms with Crippen molar-refractivity contribution in [2.45, 2.75) is 13.3 Å². The molecule has 1 heterocycles. The van der Waals surface area contributed by atoms with Crippen LogP contribution in [0.3, 0.4) is 0 Å². The summed E-state index contributed by atoms with van der Waals surface area (Å²) in [5.41, 5.74) is 2.29. The van der Waals surface area contributed by atoms with Crippen LogP contribution < -0.4 is 0 Å². The van der Waals surface area contributed by atoms with Gasteiger partial charge in [-0.1, -0.05) is 52.3 Å². The molecule has 3 rings (SSSR count). The zero-order valence-electron chi connectivity index (χ0n) is 12.1. The molecule has 0 fully saturated rings. The summed E-state index contributed by atoms with van der Waals surface area (Å²) in [5.74, 6) is 0.293. The summed E-state index contributed by atoms with van der Waals surface area (Å²) in [5, 5.41) is 0.794. The number of rotatable bonds is 4. The average Bonchev–Trinajstić information content (AvgIpc) is 2.88. The number of ether oxygens (including phenoxy) is 1. The van der Waals surface area contributed by atoms with Crippen molar-refractivity contribution in [1.29, 1.82) is 0 Å². The quantitative estimate of drug-likeness (QED) is 0.618. The standard InChI is InChI=1S/C18H15BrO3/c1-2-21-18(20)17-13-8-4-6-10-15(13)22-16(17)11-12-7-3-5-9-14(12)19/h3-10H,2,11H2,1H3. The molecular formula is C18H15BrO3. The van der Waals surface area contributed by atoms with Crippen LogP contribution in [0.15, 0.2) is 57.4 Å². The van der Waals surface area contributed by atoms with Crippen LogP contribution in [0, 0.1) is 0 Å². The lowest BCUT2D eigenvalue weighted by Crippen LogP contribution is -2.07. The van der Waals surface area contributed by atoms with Crippen LogP contribution in [-0.2, 0) is 11.2 Å². The zero-order valence-corrected chi connectivity index (χ0v) is 13.7. The van der Waals surface area contributed by atoms with E-state index in [4.69, 9.17) is 9.15 Å². The predicted octanol–water partition coefficient (Wildman–Crippen LogP) is 4.96. The zero-order chi connectivity index (χ0) is 15.5. The first-order valence-electron chi connectivity index (χ1n) is 7.11. The van der Waals surface area contributed by atoms with Crippen LogP contribution in [0.2, 0.25) is 0 Å². The Bertz CT molecular complexity index is 820. The van der Waals surface area contributed by atoms with Crippen molar-refractivity contribution < 1.29 is 13.9 Å². The summed E-state index contributed by atoms with van der Waals surface area (Å²) in [6.45, 7) is 2.14. The van der Waals surface area contributed by atoms with Crippen LogP contribution in [0.25, 0.3) is 11.0 Å². The highest BCUT2D eigenvalue weighted by molar-refractivity contribution is 9.10. The van der Waals surface area contributed by atoms with E-state index in [1.807, 2.05) is 48.5 Å². The normalized spacial score (nSPS) is 10.8. The van der Waals surface area contributed by atoms with E-state index < -0.39 is 0 Å². The molecule has 0 N–H and O–H groups in total. The molecular weight excluding hydrogens is 344 g/mol. The molecule has 0 radical (unpaired) electrons. The van der Waals surface area contributed by atoms with Gasteiger partial charge in [0, 0.05) is 16.3 Å². The molecule has 0 unspecified atom stereocenters. The average molecular weight is 359 g/mol. The third-order valence-corrected chi connectivity index (χ3v) is 4.23. The second-order valence-corrected chi connectivity index (χ2v) is 5.74. The Balaban J connectivity index is 2.10. The molecule has 2 aromatic carbocycles. The number of para-hydroxylation sites is 1. The van der Waals surface area contributed by atoms with E-state index in [1.165, 1.54) is 0 Å². The van der Waals surface area contributed by atoms with Gasteiger partial charge < -0.3 is 9.15 Å². The fourth-order valence-electron chi connectivity index (χ4n) is 2.46. The molecule has 0 saturated carbocycles. The molecule has 1 aromatic heterocycles. The summed E-state index contributed by atoms with van der Waals surface area (Å²) in [7, 11) is 0. The van der Waals surface area contributed by atoms with Crippen LogP contribution in [0.1, 0.15) is 28.6 Å². The first-order valence-corrected chi connectivity index (χ1v) is 7.91. The second kappa shape index (κ2) is 6.36. The number of esters is 1. The van der Waals surface area contributed by atoms with E-state index in [9.17, 15) is 4.79 Å². The van der Waals surface area contributed by atoms with E-state index in [-0.39, 0.29) is 5.97 Å². The van der Waals surface area contributed by atoms with Gasteiger partial charge in [-0.3, -0.25) is 0 Å². The Hall–Kier alpha value is -2.07. The topological polar surface area (TPSA) is 39.4 Å². The number of hydrogen-bond donors (Lipinski definition) is 0. The lowest BCUT2D eigenvalue weighted by Gasteiger charge is -2.05. The summed E-state index contributed by atoms with van der Waals surface area (Å²) < 4.78 is 12.1. The van der Waals surface area contributed by atoms with Crippen LogP contribution in [-0.4, -0.2) is 12.6 Å². The molecule has 0 atom stereocenters. The van der Waals surface area contributed by atoms with E-state index in [2.05, 4.69) is 15.9 Å². The van der Waals surface area contributed by atoms with Gasteiger partial charge >= 0.3 is 5.97 Å².